The van der Waals surface area contributed by atoms with Crippen molar-refractivity contribution in [2.75, 3.05) is 11.1 Å². The van der Waals surface area contributed by atoms with Crippen molar-refractivity contribution >= 4 is 39.4 Å². The lowest BCUT2D eigenvalue weighted by atomic mass is 9.85. The smallest absolute Gasteiger partial charge is 0.229 e. The van der Waals surface area contributed by atoms with Gasteiger partial charge in [-0.15, -0.1) is 11.3 Å². The van der Waals surface area contributed by atoms with Gasteiger partial charge in [0.05, 0.1) is 12.0 Å². The molecule has 0 aliphatic heterocycles. The fourth-order valence-electron chi connectivity index (χ4n) is 5.04. The molecule has 3 N–H and O–H groups in total. The number of nitrogen functional groups attached to an aromatic ring is 1. The Morgan fingerprint density at radius 3 is 2.67 bits per heavy atom. The zero-order valence-corrected chi connectivity index (χ0v) is 22.4. The summed E-state index contributed by atoms with van der Waals surface area (Å²) in [5, 5.41) is 5.57. The molecule has 198 valence electrons. The van der Waals surface area contributed by atoms with Crippen LogP contribution in [0, 0.1) is 12.8 Å². The monoisotopic (exact) mass is 539 g/mol. The van der Waals surface area contributed by atoms with E-state index in [1.165, 1.54) is 11.3 Å². The van der Waals surface area contributed by atoms with Gasteiger partial charge in [-0.3, -0.25) is 4.79 Å². The summed E-state index contributed by atoms with van der Waals surface area (Å²) >= 11 is 1.46. The molecule has 10 heteroatoms. The molecule has 0 unspecified atom stereocenters. The lowest BCUT2D eigenvalue weighted by Gasteiger charge is -2.28. The second-order valence-electron chi connectivity index (χ2n) is 9.85. The minimum absolute atomic E-state index is 0.0332. The van der Waals surface area contributed by atoms with Gasteiger partial charge in [0.25, 0.3) is 0 Å². The highest BCUT2D eigenvalue weighted by atomic mass is 32.1. The van der Waals surface area contributed by atoms with Gasteiger partial charge in [-0.1, -0.05) is 42.5 Å². The topological polar surface area (TPSA) is 121 Å². The van der Waals surface area contributed by atoms with Crippen molar-refractivity contribution in [2.45, 2.75) is 45.3 Å². The number of fused-ring (bicyclic) bond motifs is 1. The van der Waals surface area contributed by atoms with Crippen molar-refractivity contribution in [3.8, 4) is 17.1 Å². The summed E-state index contributed by atoms with van der Waals surface area (Å²) in [6.07, 6.45) is 5.07. The minimum atomic E-state index is -0.0332. The molecule has 6 rings (SSSR count). The van der Waals surface area contributed by atoms with Gasteiger partial charge >= 0.3 is 0 Å². The van der Waals surface area contributed by atoms with Crippen LogP contribution in [0.1, 0.15) is 43.0 Å². The van der Waals surface area contributed by atoms with Gasteiger partial charge < -0.3 is 20.4 Å². The van der Waals surface area contributed by atoms with Crippen LogP contribution in [0.3, 0.4) is 0 Å². The van der Waals surface area contributed by atoms with E-state index in [1.807, 2.05) is 66.9 Å². The number of imidazole rings is 1. The lowest BCUT2D eigenvalue weighted by Crippen LogP contribution is -2.28. The number of amides is 1. The highest BCUT2D eigenvalue weighted by Gasteiger charge is 2.29. The van der Waals surface area contributed by atoms with Gasteiger partial charge in [-0.05, 0) is 50.3 Å². The average molecular weight is 540 g/mol. The number of carbonyl (C=O) groups is 1. The number of carbonyl (C=O) groups excluding carboxylic acids is 1. The number of benzene rings is 2. The Hall–Kier alpha value is -4.31. The molecule has 2 aromatic carbocycles. The first-order valence-electron chi connectivity index (χ1n) is 13.0. The number of hydrogen-bond donors (Lipinski definition) is 2. The van der Waals surface area contributed by atoms with Crippen LogP contribution < -0.4 is 15.8 Å². The van der Waals surface area contributed by atoms with Gasteiger partial charge in [0.15, 0.2) is 22.4 Å². The van der Waals surface area contributed by atoms with Crippen LogP contribution >= 0.6 is 11.3 Å². The molecule has 3 aromatic heterocycles. The number of nitrogens with two attached hydrogens (primary N) is 1. The van der Waals surface area contributed by atoms with E-state index < -0.39 is 0 Å². The lowest BCUT2D eigenvalue weighted by molar-refractivity contribution is -0.120. The van der Waals surface area contributed by atoms with Crippen molar-refractivity contribution in [1.29, 1.82) is 0 Å². The van der Waals surface area contributed by atoms with Crippen molar-refractivity contribution < 1.29 is 9.53 Å². The molecule has 0 radical (unpaired) electrons. The Bertz CT molecular complexity index is 1610. The number of thiazole rings is 1. The maximum Gasteiger partial charge on any atom is 0.229 e. The van der Waals surface area contributed by atoms with E-state index in [2.05, 4.69) is 24.8 Å². The number of hydrogen-bond acceptors (Lipinski definition) is 8. The molecule has 0 spiro atoms. The maximum absolute atomic E-state index is 12.8. The van der Waals surface area contributed by atoms with Crippen LogP contribution in [-0.2, 0) is 11.4 Å². The number of rotatable bonds is 7. The van der Waals surface area contributed by atoms with E-state index in [0.29, 0.717) is 34.5 Å². The van der Waals surface area contributed by atoms with E-state index in [0.717, 1.165) is 48.3 Å². The minimum Gasteiger partial charge on any atom is -0.489 e. The third-order valence-electron chi connectivity index (χ3n) is 7.10. The SMILES string of the molecule is Cc1csc(NC(=O)[C@H]2CC[C@@H](n3cnc4c(N)nc(-c5cccc(OCc6ccccc6)c5)nc43)CC2)n1. The van der Waals surface area contributed by atoms with Crippen molar-refractivity contribution in [3.05, 3.63) is 77.6 Å². The zero-order chi connectivity index (χ0) is 26.8. The van der Waals surface area contributed by atoms with Gasteiger partial charge in [0.2, 0.25) is 5.91 Å². The summed E-state index contributed by atoms with van der Waals surface area (Å²) < 4.78 is 8.09. The standard InChI is InChI=1S/C29H29N7O2S/c1-18-16-39-29(32-18)35-28(37)20-10-12-22(13-11-20)36-17-31-24-25(30)33-26(34-27(24)36)21-8-5-9-23(14-21)38-15-19-6-3-2-4-7-19/h2-9,14,16-17,20,22H,10-13,15H2,1H3,(H2,30,33,34)(H,32,35,37)/t20-,22+. The molecule has 1 aliphatic rings. The molecule has 0 atom stereocenters. The highest BCUT2D eigenvalue weighted by molar-refractivity contribution is 7.13. The molecule has 1 aliphatic carbocycles. The van der Waals surface area contributed by atoms with Gasteiger partial charge in [-0.25, -0.2) is 19.9 Å². The molecule has 39 heavy (non-hydrogen) atoms. The fraction of sp³-hybridized carbons (Fsp3) is 0.276. The van der Waals surface area contributed by atoms with Gasteiger partial charge in [0, 0.05) is 22.9 Å². The molecule has 3 heterocycles. The molecule has 9 nitrogen and oxygen atoms in total. The normalized spacial score (nSPS) is 17.3. The molecule has 1 saturated carbocycles. The zero-order valence-electron chi connectivity index (χ0n) is 21.6. The molecule has 1 fully saturated rings. The van der Waals surface area contributed by atoms with Crippen molar-refractivity contribution in [3.63, 3.8) is 0 Å². The number of aromatic nitrogens is 5. The number of nitrogens with one attached hydrogen (secondary N) is 1. The number of aryl methyl sites for hydroxylation is 1. The maximum atomic E-state index is 12.8. The highest BCUT2D eigenvalue weighted by Crippen LogP contribution is 2.35. The van der Waals surface area contributed by atoms with E-state index in [-0.39, 0.29) is 17.9 Å². The van der Waals surface area contributed by atoms with Crippen LogP contribution in [0.4, 0.5) is 10.9 Å². The first kappa shape index (κ1) is 25.0. The summed E-state index contributed by atoms with van der Waals surface area (Å²) in [6, 6.07) is 17.9. The van der Waals surface area contributed by atoms with E-state index in [4.69, 9.17) is 15.5 Å². The summed E-state index contributed by atoms with van der Waals surface area (Å²) in [7, 11) is 0. The molecule has 5 aromatic rings. The summed E-state index contributed by atoms with van der Waals surface area (Å²) in [5.74, 6) is 1.61. The number of nitrogens with zero attached hydrogens (tertiary/aromatic N) is 5. The number of anilines is 2. The Kier molecular flexibility index (Phi) is 6.93. The van der Waals surface area contributed by atoms with Crippen LogP contribution in [0.25, 0.3) is 22.6 Å². The predicted molar refractivity (Wildman–Crippen MR) is 152 cm³/mol. The first-order chi connectivity index (χ1) is 19.0. The second kappa shape index (κ2) is 10.8. The largest absolute Gasteiger partial charge is 0.489 e. The molecule has 1 amide bonds. The predicted octanol–water partition coefficient (Wildman–Crippen LogP) is 5.79. The molecule has 0 bridgehead atoms. The Morgan fingerprint density at radius 2 is 1.90 bits per heavy atom. The van der Waals surface area contributed by atoms with Crippen molar-refractivity contribution in [2.24, 2.45) is 5.92 Å². The van der Waals surface area contributed by atoms with E-state index in [1.54, 1.807) is 6.33 Å². The summed E-state index contributed by atoms with van der Waals surface area (Å²) in [5.41, 5.74) is 10.5. The van der Waals surface area contributed by atoms with Gasteiger partial charge in [0.1, 0.15) is 17.9 Å². The fourth-order valence-corrected chi connectivity index (χ4v) is 5.73. The third kappa shape index (κ3) is 5.46. The Morgan fingerprint density at radius 1 is 1.08 bits per heavy atom. The Labute approximate surface area is 230 Å². The van der Waals surface area contributed by atoms with Gasteiger partial charge in [-0.2, -0.15) is 0 Å². The summed E-state index contributed by atoms with van der Waals surface area (Å²) in [6.45, 7) is 2.40. The molecule has 0 saturated heterocycles. The van der Waals surface area contributed by atoms with Crippen LogP contribution in [0.2, 0.25) is 0 Å². The Balaban J connectivity index is 1.18. The van der Waals surface area contributed by atoms with Crippen molar-refractivity contribution in [1.82, 2.24) is 24.5 Å². The average Bonchev–Trinajstić information content (AvgIpc) is 3.59. The number of ether oxygens (including phenoxy) is 1. The first-order valence-corrected chi connectivity index (χ1v) is 13.9. The molecular weight excluding hydrogens is 510 g/mol. The van der Waals surface area contributed by atoms with E-state index >= 15 is 0 Å². The second-order valence-corrected chi connectivity index (χ2v) is 10.7. The van der Waals surface area contributed by atoms with Crippen LogP contribution in [0.15, 0.2) is 66.3 Å². The van der Waals surface area contributed by atoms with Crippen LogP contribution in [-0.4, -0.2) is 30.4 Å². The third-order valence-corrected chi connectivity index (χ3v) is 7.97. The summed E-state index contributed by atoms with van der Waals surface area (Å²) in [4.78, 5) is 31.1. The van der Waals surface area contributed by atoms with E-state index in [9.17, 15) is 4.79 Å². The molecular formula is C29H29N7O2S. The van der Waals surface area contributed by atoms with Crippen LogP contribution in [0.5, 0.6) is 5.75 Å². The quantitative estimate of drug-likeness (QED) is 0.268.